The van der Waals surface area contributed by atoms with E-state index in [0.29, 0.717) is 32.6 Å². The number of amides is 1. The zero-order valence-corrected chi connectivity index (χ0v) is 19.9. The van der Waals surface area contributed by atoms with E-state index in [2.05, 4.69) is 21.2 Å². The standard InChI is InChI=1S/C25H19BrN4O4/c1-3-33-25(32)20-21-23(28-17-7-5-4-6-16(17)27-21)30(15-10-8-14(2)9-11-15)22(20)29-24(31)18-12-13-19(26)34-18/h4-13H,3H2,1-2H3,(H,29,31). The van der Waals surface area contributed by atoms with Crippen LogP contribution < -0.4 is 5.32 Å². The van der Waals surface area contributed by atoms with Crippen molar-refractivity contribution < 1.29 is 18.7 Å². The van der Waals surface area contributed by atoms with Crippen LogP contribution in [0.25, 0.3) is 27.9 Å². The number of esters is 1. The van der Waals surface area contributed by atoms with Gasteiger partial charge in [0.05, 0.1) is 17.6 Å². The Morgan fingerprint density at radius 1 is 1.03 bits per heavy atom. The minimum absolute atomic E-state index is 0.0773. The number of anilines is 1. The number of aryl methyl sites for hydroxylation is 1. The van der Waals surface area contributed by atoms with Gasteiger partial charge in [0.1, 0.15) is 16.9 Å². The lowest BCUT2D eigenvalue weighted by Gasteiger charge is -2.12. The Hall–Kier alpha value is -3.98. The molecule has 0 atom stereocenters. The fourth-order valence-corrected chi connectivity index (χ4v) is 4.02. The highest BCUT2D eigenvalue weighted by Crippen LogP contribution is 2.34. The molecule has 0 radical (unpaired) electrons. The number of benzene rings is 2. The molecule has 0 fully saturated rings. The zero-order valence-electron chi connectivity index (χ0n) is 18.3. The highest BCUT2D eigenvalue weighted by Gasteiger charge is 2.29. The van der Waals surface area contributed by atoms with Crippen molar-refractivity contribution in [2.24, 2.45) is 0 Å². The summed E-state index contributed by atoms with van der Waals surface area (Å²) in [7, 11) is 0. The van der Waals surface area contributed by atoms with E-state index in [0.717, 1.165) is 5.56 Å². The molecule has 5 rings (SSSR count). The van der Waals surface area contributed by atoms with Crippen LogP contribution in [0.2, 0.25) is 0 Å². The van der Waals surface area contributed by atoms with Gasteiger partial charge in [-0.3, -0.25) is 9.36 Å². The van der Waals surface area contributed by atoms with E-state index < -0.39 is 11.9 Å². The largest absolute Gasteiger partial charge is 0.462 e. The van der Waals surface area contributed by atoms with Gasteiger partial charge in [0, 0.05) is 5.69 Å². The minimum Gasteiger partial charge on any atom is -0.462 e. The van der Waals surface area contributed by atoms with Crippen molar-refractivity contribution in [3.05, 3.63) is 82.2 Å². The second-order valence-corrected chi connectivity index (χ2v) is 8.34. The first-order valence-electron chi connectivity index (χ1n) is 10.6. The number of furan rings is 1. The van der Waals surface area contributed by atoms with Crippen LogP contribution in [-0.4, -0.2) is 33.0 Å². The third kappa shape index (κ3) is 3.84. The minimum atomic E-state index is -0.612. The monoisotopic (exact) mass is 518 g/mol. The smallest absolute Gasteiger partial charge is 0.344 e. The topological polar surface area (TPSA) is 99.2 Å². The van der Waals surface area contributed by atoms with E-state index in [1.54, 1.807) is 17.6 Å². The summed E-state index contributed by atoms with van der Waals surface area (Å²) in [5.74, 6) is -0.866. The normalized spacial score (nSPS) is 11.1. The number of ether oxygens (including phenoxy) is 1. The number of carbonyl (C=O) groups excluding carboxylic acids is 2. The predicted molar refractivity (Wildman–Crippen MR) is 131 cm³/mol. The van der Waals surface area contributed by atoms with Gasteiger partial charge >= 0.3 is 5.97 Å². The number of hydrogen-bond acceptors (Lipinski definition) is 6. The Kier molecular flexibility index (Phi) is 5.62. The molecule has 170 valence electrons. The summed E-state index contributed by atoms with van der Waals surface area (Å²) < 4.78 is 12.9. The fourth-order valence-electron chi connectivity index (χ4n) is 3.71. The Morgan fingerprint density at radius 3 is 2.38 bits per heavy atom. The van der Waals surface area contributed by atoms with Crippen LogP contribution in [0.15, 0.2) is 69.8 Å². The quantitative estimate of drug-likeness (QED) is 0.301. The molecular formula is C25H19BrN4O4. The van der Waals surface area contributed by atoms with Gasteiger partial charge in [-0.15, -0.1) is 0 Å². The second-order valence-electron chi connectivity index (χ2n) is 7.56. The molecule has 3 heterocycles. The maximum Gasteiger partial charge on any atom is 0.344 e. The van der Waals surface area contributed by atoms with Crippen molar-refractivity contribution in [3.63, 3.8) is 0 Å². The molecular weight excluding hydrogens is 500 g/mol. The maximum absolute atomic E-state index is 13.2. The van der Waals surface area contributed by atoms with Crippen molar-refractivity contribution in [2.45, 2.75) is 13.8 Å². The van der Waals surface area contributed by atoms with Crippen molar-refractivity contribution >= 4 is 55.8 Å². The molecule has 0 saturated carbocycles. The molecule has 2 aromatic carbocycles. The molecule has 3 aromatic heterocycles. The SMILES string of the molecule is CCOC(=O)c1c(NC(=O)c2ccc(Br)o2)n(-c2ccc(C)cc2)c2nc3ccccc3nc12. The molecule has 34 heavy (non-hydrogen) atoms. The number of rotatable bonds is 5. The van der Waals surface area contributed by atoms with Gasteiger partial charge in [0.15, 0.2) is 16.1 Å². The van der Waals surface area contributed by atoms with Gasteiger partial charge in [-0.2, -0.15) is 0 Å². The molecule has 0 unspecified atom stereocenters. The number of hydrogen-bond donors (Lipinski definition) is 1. The van der Waals surface area contributed by atoms with Crippen LogP contribution in [-0.2, 0) is 4.74 Å². The summed E-state index contributed by atoms with van der Waals surface area (Å²) in [6.45, 7) is 3.86. The van der Waals surface area contributed by atoms with Crippen LogP contribution in [0.3, 0.4) is 0 Å². The van der Waals surface area contributed by atoms with Gasteiger partial charge in [0.25, 0.3) is 5.91 Å². The molecule has 8 nitrogen and oxygen atoms in total. The van der Waals surface area contributed by atoms with Crippen LogP contribution in [0, 0.1) is 6.92 Å². The number of carbonyl (C=O) groups is 2. The fraction of sp³-hybridized carbons (Fsp3) is 0.120. The van der Waals surface area contributed by atoms with Crippen molar-refractivity contribution in [3.8, 4) is 5.69 Å². The van der Waals surface area contributed by atoms with Crippen LogP contribution in [0.1, 0.15) is 33.4 Å². The van der Waals surface area contributed by atoms with Crippen LogP contribution in [0.5, 0.6) is 0 Å². The highest BCUT2D eigenvalue weighted by atomic mass is 79.9. The third-order valence-electron chi connectivity index (χ3n) is 5.26. The molecule has 0 spiro atoms. The highest BCUT2D eigenvalue weighted by molar-refractivity contribution is 9.10. The van der Waals surface area contributed by atoms with Gasteiger partial charge in [0.2, 0.25) is 0 Å². The van der Waals surface area contributed by atoms with E-state index in [-0.39, 0.29) is 23.7 Å². The summed E-state index contributed by atoms with van der Waals surface area (Å²) in [6, 6.07) is 18.2. The molecule has 0 bridgehead atoms. The average molecular weight is 519 g/mol. The Morgan fingerprint density at radius 2 is 1.74 bits per heavy atom. The molecule has 5 aromatic rings. The summed E-state index contributed by atoms with van der Waals surface area (Å²) >= 11 is 3.21. The van der Waals surface area contributed by atoms with Gasteiger partial charge < -0.3 is 14.5 Å². The van der Waals surface area contributed by atoms with Crippen molar-refractivity contribution in [1.29, 1.82) is 0 Å². The second kappa shape index (κ2) is 8.75. The summed E-state index contributed by atoms with van der Waals surface area (Å²) in [5.41, 5.74) is 3.91. The van der Waals surface area contributed by atoms with E-state index in [4.69, 9.17) is 19.1 Å². The van der Waals surface area contributed by atoms with Gasteiger partial charge in [-0.1, -0.05) is 29.8 Å². The summed E-state index contributed by atoms with van der Waals surface area (Å²) in [5, 5.41) is 2.83. The molecule has 0 saturated heterocycles. The molecule has 0 aliphatic carbocycles. The summed E-state index contributed by atoms with van der Waals surface area (Å²) in [6.07, 6.45) is 0. The molecule has 1 amide bonds. The molecule has 0 aliphatic heterocycles. The van der Waals surface area contributed by atoms with Gasteiger partial charge in [-0.25, -0.2) is 14.8 Å². The number of nitrogens with one attached hydrogen (secondary N) is 1. The Bertz CT molecular complexity index is 1550. The number of para-hydroxylation sites is 2. The lowest BCUT2D eigenvalue weighted by atomic mass is 10.2. The van der Waals surface area contributed by atoms with E-state index in [1.165, 1.54) is 6.07 Å². The van der Waals surface area contributed by atoms with E-state index in [1.807, 2.05) is 55.5 Å². The van der Waals surface area contributed by atoms with E-state index >= 15 is 0 Å². The van der Waals surface area contributed by atoms with Crippen molar-refractivity contribution in [2.75, 3.05) is 11.9 Å². The van der Waals surface area contributed by atoms with Crippen LogP contribution >= 0.6 is 15.9 Å². The lowest BCUT2D eigenvalue weighted by Crippen LogP contribution is -2.17. The first-order valence-corrected chi connectivity index (χ1v) is 11.4. The lowest BCUT2D eigenvalue weighted by molar-refractivity contribution is 0.0529. The Labute approximate surface area is 202 Å². The van der Waals surface area contributed by atoms with Crippen LogP contribution in [0.4, 0.5) is 5.82 Å². The zero-order chi connectivity index (χ0) is 23.8. The molecule has 9 heteroatoms. The Balaban J connectivity index is 1.83. The average Bonchev–Trinajstić information content (AvgIpc) is 3.39. The first kappa shape index (κ1) is 21.8. The maximum atomic E-state index is 13.2. The first-order chi connectivity index (χ1) is 16.5. The van der Waals surface area contributed by atoms with Crippen molar-refractivity contribution in [1.82, 2.24) is 14.5 Å². The van der Waals surface area contributed by atoms with E-state index in [9.17, 15) is 9.59 Å². The number of nitrogens with zero attached hydrogens (tertiary/aromatic N) is 3. The predicted octanol–water partition coefficient (Wildman–Crippen LogP) is 5.67. The molecule has 1 N–H and O–H groups in total. The number of aromatic nitrogens is 3. The number of halogens is 1. The van der Waals surface area contributed by atoms with Gasteiger partial charge in [-0.05, 0) is 66.2 Å². The third-order valence-corrected chi connectivity index (χ3v) is 5.69. The number of fused-ring (bicyclic) bond motifs is 2. The molecule has 0 aliphatic rings. The summed E-state index contributed by atoms with van der Waals surface area (Å²) in [4.78, 5) is 35.7.